The second-order valence-corrected chi connectivity index (χ2v) is 6.96. The van der Waals surface area contributed by atoms with Gasteiger partial charge in [0.1, 0.15) is 0 Å². The Hall–Kier alpha value is -1.08. The van der Waals surface area contributed by atoms with E-state index in [1.807, 2.05) is 0 Å². The maximum Gasteiger partial charge on any atom is 0.0165 e. The van der Waals surface area contributed by atoms with Gasteiger partial charge in [0.2, 0.25) is 0 Å². The van der Waals surface area contributed by atoms with E-state index in [-0.39, 0.29) is 0 Å². The first-order chi connectivity index (χ1) is 10.3. The van der Waals surface area contributed by atoms with Gasteiger partial charge < -0.3 is 0 Å². The molecule has 0 spiro atoms. The Bertz CT molecular complexity index is 373. The molecular formula is C21H37N. The van der Waals surface area contributed by atoms with Crippen LogP contribution >= 0.6 is 0 Å². The molecule has 0 aromatic heterocycles. The molecule has 22 heavy (non-hydrogen) atoms. The van der Waals surface area contributed by atoms with Gasteiger partial charge in [0.05, 0.1) is 0 Å². The molecule has 0 amide bonds. The second kappa shape index (κ2) is 12.5. The molecule has 1 heteroatoms. The third-order valence-corrected chi connectivity index (χ3v) is 3.69. The Kier molecular flexibility index (Phi) is 11.9. The molecule has 0 bridgehead atoms. The fraction of sp³-hybridized carbons (Fsp3) is 0.619. The number of likely N-dealkylation sites (N-methyl/N-ethyl adjacent to an activating group) is 1. The zero-order valence-corrected chi connectivity index (χ0v) is 16.0. The summed E-state index contributed by atoms with van der Waals surface area (Å²) in [5.41, 5.74) is 5.82. The van der Waals surface area contributed by atoms with Crippen LogP contribution in [0, 0.1) is 0 Å². The number of allylic oxidation sites excluding steroid dienone is 6. The Morgan fingerprint density at radius 2 is 1.00 bits per heavy atom. The van der Waals surface area contributed by atoms with Crippen molar-refractivity contribution in [2.45, 2.75) is 67.2 Å². The lowest BCUT2D eigenvalue weighted by Crippen LogP contribution is -2.18. The average Bonchev–Trinajstić information content (AvgIpc) is 2.42. The summed E-state index contributed by atoms with van der Waals surface area (Å²) in [6, 6.07) is 0. The van der Waals surface area contributed by atoms with Crippen LogP contribution in [0.1, 0.15) is 67.2 Å². The highest BCUT2D eigenvalue weighted by Crippen LogP contribution is 2.08. The van der Waals surface area contributed by atoms with E-state index in [2.05, 4.69) is 77.8 Å². The van der Waals surface area contributed by atoms with Gasteiger partial charge in [0, 0.05) is 13.1 Å². The van der Waals surface area contributed by atoms with Crippen LogP contribution in [0.3, 0.4) is 0 Å². The van der Waals surface area contributed by atoms with Crippen molar-refractivity contribution >= 4 is 0 Å². The van der Waals surface area contributed by atoms with E-state index in [0.29, 0.717) is 0 Å². The standard InChI is InChI=1S/C21H37N/c1-18(2)10-8-12-20(5)14-16-22(7)17-15-21(6)13-9-11-19(3)4/h10-11,14-15H,8-9,12-13,16-17H2,1-7H3/b20-14+,21-15+. The molecule has 0 rings (SSSR count). The first-order valence-corrected chi connectivity index (χ1v) is 8.57. The fourth-order valence-electron chi connectivity index (χ4n) is 2.08. The minimum atomic E-state index is 1.04. The second-order valence-electron chi connectivity index (χ2n) is 6.96. The molecule has 0 saturated carbocycles. The lowest BCUT2D eigenvalue weighted by atomic mass is 10.1. The van der Waals surface area contributed by atoms with Crippen LogP contribution in [-0.2, 0) is 0 Å². The summed E-state index contributed by atoms with van der Waals surface area (Å²) >= 11 is 0. The Labute approximate surface area is 139 Å². The maximum atomic E-state index is 2.37. The smallest absolute Gasteiger partial charge is 0.0165 e. The lowest BCUT2D eigenvalue weighted by Gasteiger charge is -2.13. The largest absolute Gasteiger partial charge is 0.299 e. The first-order valence-electron chi connectivity index (χ1n) is 8.57. The summed E-state index contributed by atoms with van der Waals surface area (Å²) in [7, 11) is 2.19. The number of hydrogen-bond acceptors (Lipinski definition) is 1. The Morgan fingerprint density at radius 3 is 1.32 bits per heavy atom. The van der Waals surface area contributed by atoms with Gasteiger partial charge >= 0.3 is 0 Å². The van der Waals surface area contributed by atoms with E-state index in [0.717, 1.165) is 25.9 Å². The molecule has 0 atom stereocenters. The molecule has 0 unspecified atom stereocenters. The van der Waals surface area contributed by atoms with Crippen LogP contribution in [0.4, 0.5) is 0 Å². The highest BCUT2D eigenvalue weighted by Gasteiger charge is 1.96. The quantitative estimate of drug-likeness (QED) is 0.428. The van der Waals surface area contributed by atoms with Gasteiger partial charge in [-0.25, -0.2) is 0 Å². The molecule has 0 fully saturated rings. The predicted octanol–water partition coefficient (Wildman–Crippen LogP) is 6.30. The SMILES string of the molecule is CC(C)=CCC/C(C)=C/CN(C)C/C=C(\C)CCC=C(C)C. The maximum absolute atomic E-state index is 2.37. The minimum Gasteiger partial charge on any atom is -0.299 e. The number of rotatable bonds is 10. The summed E-state index contributed by atoms with van der Waals surface area (Å²) in [6.45, 7) is 15.2. The van der Waals surface area contributed by atoms with E-state index in [4.69, 9.17) is 0 Å². The van der Waals surface area contributed by atoms with E-state index in [1.165, 1.54) is 35.1 Å². The molecular weight excluding hydrogens is 266 g/mol. The van der Waals surface area contributed by atoms with Gasteiger partial charge in [-0.3, -0.25) is 4.90 Å². The van der Waals surface area contributed by atoms with Crippen molar-refractivity contribution < 1.29 is 0 Å². The molecule has 0 aliphatic heterocycles. The third kappa shape index (κ3) is 13.9. The Balaban J connectivity index is 4.04. The molecule has 126 valence electrons. The molecule has 0 saturated heterocycles. The van der Waals surface area contributed by atoms with Crippen molar-refractivity contribution in [1.29, 1.82) is 0 Å². The summed E-state index contributed by atoms with van der Waals surface area (Å²) in [5, 5.41) is 0. The van der Waals surface area contributed by atoms with Crippen LogP contribution < -0.4 is 0 Å². The van der Waals surface area contributed by atoms with Crippen molar-refractivity contribution in [2.75, 3.05) is 20.1 Å². The van der Waals surface area contributed by atoms with E-state index in [9.17, 15) is 0 Å². The third-order valence-electron chi connectivity index (χ3n) is 3.69. The number of hydrogen-bond donors (Lipinski definition) is 0. The minimum absolute atomic E-state index is 1.04. The van der Waals surface area contributed by atoms with Gasteiger partial charge in [-0.1, -0.05) is 46.6 Å². The normalized spacial score (nSPS) is 12.5. The van der Waals surface area contributed by atoms with Crippen molar-refractivity contribution in [3.8, 4) is 0 Å². The van der Waals surface area contributed by atoms with Gasteiger partial charge in [-0.15, -0.1) is 0 Å². The zero-order chi connectivity index (χ0) is 17.0. The van der Waals surface area contributed by atoms with E-state index < -0.39 is 0 Å². The monoisotopic (exact) mass is 303 g/mol. The molecule has 0 aliphatic carbocycles. The highest BCUT2D eigenvalue weighted by atomic mass is 15.1. The predicted molar refractivity (Wildman–Crippen MR) is 102 cm³/mol. The van der Waals surface area contributed by atoms with Crippen molar-refractivity contribution in [3.05, 3.63) is 46.6 Å². The fourth-order valence-corrected chi connectivity index (χ4v) is 2.08. The average molecular weight is 304 g/mol. The number of nitrogens with zero attached hydrogens (tertiary/aromatic N) is 1. The molecule has 0 aromatic carbocycles. The summed E-state index contributed by atoms with van der Waals surface area (Å²) in [6.07, 6.45) is 14.1. The molecule has 0 aliphatic rings. The van der Waals surface area contributed by atoms with Crippen LogP contribution in [0.15, 0.2) is 46.6 Å². The Morgan fingerprint density at radius 1 is 0.636 bits per heavy atom. The van der Waals surface area contributed by atoms with Gasteiger partial charge in [0.25, 0.3) is 0 Å². The van der Waals surface area contributed by atoms with Crippen molar-refractivity contribution in [2.24, 2.45) is 0 Å². The van der Waals surface area contributed by atoms with Gasteiger partial charge in [-0.05, 0) is 74.3 Å². The van der Waals surface area contributed by atoms with Crippen LogP contribution in [-0.4, -0.2) is 25.0 Å². The van der Waals surface area contributed by atoms with Gasteiger partial charge in [-0.2, -0.15) is 0 Å². The van der Waals surface area contributed by atoms with Gasteiger partial charge in [0.15, 0.2) is 0 Å². The zero-order valence-electron chi connectivity index (χ0n) is 16.0. The van der Waals surface area contributed by atoms with Crippen molar-refractivity contribution in [3.63, 3.8) is 0 Å². The summed E-state index contributed by atoms with van der Waals surface area (Å²) < 4.78 is 0. The van der Waals surface area contributed by atoms with Crippen molar-refractivity contribution in [1.82, 2.24) is 4.90 Å². The highest BCUT2D eigenvalue weighted by molar-refractivity contribution is 5.05. The van der Waals surface area contributed by atoms with E-state index in [1.54, 1.807) is 0 Å². The van der Waals surface area contributed by atoms with Crippen LogP contribution in [0.25, 0.3) is 0 Å². The molecule has 0 heterocycles. The molecule has 0 aromatic rings. The first kappa shape index (κ1) is 20.9. The van der Waals surface area contributed by atoms with Crippen LogP contribution in [0.2, 0.25) is 0 Å². The summed E-state index contributed by atoms with van der Waals surface area (Å²) in [4.78, 5) is 2.37. The molecule has 0 N–H and O–H groups in total. The van der Waals surface area contributed by atoms with Crippen LogP contribution in [0.5, 0.6) is 0 Å². The molecule has 0 radical (unpaired) electrons. The topological polar surface area (TPSA) is 3.24 Å². The van der Waals surface area contributed by atoms with E-state index >= 15 is 0 Å². The molecule has 1 nitrogen and oxygen atoms in total. The lowest BCUT2D eigenvalue weighted by molar-refractivity contribution is 0.410. The summed E-state index contributed by atoms with van der Waals surface area (Å²) in [5.74, 6) is 0.